The number of amides is 1. The highest BCUT2D eigenvalue weighted by Gasteiger charge is 2.40. The van der Waals surface area contributed by atoms with Crippen molar-refractivity contribution < 1.29 is 17.9 Å². The molecule has 0 aromatic heterocycles. The van der Waals surface area contributed by atoms with Crippen LogP contribution in [0, 0.1) is 6.92 Å². The van der Waals surface area contributed by atoms with Gasteiger partial charge in [-0.25, -0.2) is 13.1 Å². The largest absolute Gasteiger partial charge is 0.497 e. The molecule has 120 valence electrons. The molecule has 1 aliphatic heterocycles. The van der Waals surface area contributed by atoms with E-state index in [0.717, 1.165) is 12.8 Å². The molecule has 1 amide bonds. The smallest absolute Gasteiger partial charge is 0.241 e. The fraction of sp³-hybridized carbons (Fsp3) is 0.533. The molecule has 3 rings (SSSR count). The Bertz CT molecular complexity index is 697. The summed E-state index contributed by atoms with van der Waals surface area (Å²) in [7, 11) is -2.10. The van der Waals surface area contributed by atoms with Gasteiger partial charge in [0.1, 0.15) is 5.75 Å². The van der Waals surface area contributed by atoms with Crippen LogP contribution in [0.2, 0.25) is 0 Å². The highest BCUT2D eigenvalue weighted by Crippen LogP contribution is 2.31. The monoisotopic (exact) mass is 324 g/mol. The molecule has 1 saturated heterocycles. The molecule has 1 atom stereocenters. The SMILES string of the molecule is COc1ccc(S(=O)(=O)NC2CC(=O)N(C3CC3)C2)c(C)c1. The third kappa shape index (κ3) is 2.96. The lowest BCUT2D eigenvalue weighted by Gasteiger charge is -2.17. The van der Waals surface area contributed by atoms with Gasteiger partial charge in [0.05, 0.1) is 12.0 Å². The number of rotatable bonds is 5. The number of hydrogen-bond donors (Lipinski definition) is 1. The van der Waals surface area contributed by atoms with Crippen molar-refractivity contribution in [2.24, 2.45) is 0 Å². The summed E-state index contributed by atoms with van der Waals surface area (Å²) >= 11 is 0. The molecule has 0 bridgehead atoms. The molecular weight excluding hydrogens is 304 g/mol. The molecule has 0 spiro atoms. The van der Waals surface area contributed by atoms with E-state index in [4.69, 9.17) is 4.74 Å². The van der Waals surface area contributed by atoms with Gasteiger partial charge in [0.2, 0.25) is 15.9 Å². The molecule has 1 unspecified atom stereocenters. The minimum atomic E-state index is -3.64. The molecule has 1 aromatic carbocycles. The van der Waals surface area contributed by atoms with E-state index in [1.165, 1.54) is 13.2 Å². The number of ether oxygens (including phenoxy) is 1. The van der Waals surface area contributed by atoms with Gasteiger partial charge < -0.3 is 9.64 Å². The molecule has 0 radical (unpaired) electrons. The van der Waals surface area contributed by atoms with Gasteiger partial charge in [-0.1, -0.05) is 0 Å². The zero-order chi connectivity index (χ0) is 15.9. The molecule has 1 aromatic rings. The van der Waals surface area contributed by atoms with Gasteiger partial charge in [0, 0.05) is 25.0 Å². The van der Waals surface area contributed by atoms with Gasteiger partial charge in [0.25, 0.3) is 0 Å². The lowest BCUT2D eigenvalue weighted by atomic mass is 10.2. The standard InChI is InChI=1S/C15H20N2O4S/c1-10-7-13(21-2)5-6-14(10)22(19,20)16-11-8-15(18)17(9-11)12-3-4-12/h5-7,11-12,16H,3-4,8-9H2,1-2H3. The van der Waals surface area contributed by atoms with Crippen LogP contribution in [0.5, 0.6) is 5.75 Å². The average molecular weight is 324 g/mol. The van der Waals surface area contributed by atoms with Crippen LogP contribution in [0.25, 0.3) is 0 Å². The highest BCUT2D eigenvalue weighted by atomic mass is 32.2. The van der Waals surface area contributed by atoms with E-state index < -0.39 is 10.0 Å². The van der Waals surface area contributed by atoms with E-state index in [1.54, 1.807) is 24.0 Å². The number of likely N-dealkylation sites (tertiary alicyclic amines) is 1. The molecule has 1 saturated carbocycles. The van der Waals surface area contributed by atoms with E-state index >= 15 is 0 Å². The topological polar surface area (TPSA) is 75.7 Å². The summed E-state index contributed by atoms with van der Waals surface area (Å²) in [5, 5.41) is 0. The Morgan fingerprint density at radius 2 is 2.05 bits per heavy atom. The molecule has 1 heterocycles. The Labute approximate surface area is 130 Å². The zero-order valence-corrected chi connectivity index (χ0v) is 13.5. The molecular formula is C15H20N2O4S. The van der Waals surface area contributed by atoms with Gasteiger partial charge in [-0.2, -0.15) is 0 Å². The van der Waals surface area contributed by atoms with Crippen molar-refractivity contribution >= 4 is 15.9 Å². The fourth-order valence-electron chi connectivity index (χ4n) is 2.88. The number of methoxy groups -OCH3 is 1. The number of nitrogens with one attached hydrogen (secondary N) is 1. The van der Waals surface area contributed by atoms with Gasteiger partial charge in [-0.3, -0.25) is 4.79 Å². The first-order valence-electron chi connectivity index (χ1n) is 7.37. The maximum Gasteiger partial charge on any atom is 0.241 e. The zero-order valence-electron chi connectivity index (χ0n) is 12.7. The summed E-state index contributed by atoms with van der Waals surface area (Å²) in [5.41, 5.74) is 0.621. The molecule has 2 fully saturated rings. The fourth-order valence-corrected chi connectivity index (χ4v) is 4.34. The Kier molecular flexibility index (Phi) is 3.86. The summed E-state index contributed by atoms with van der Waals surface area (Å²) in [6, 6.07) is 4.82. The maximum atomic E-state index is 12.5. The van der Waals surface area contributed by atoms with Gasteiger partial charge in [-0.05, 0) is 43.5 Å². The predicted molar refractivity (Wildman–Crippen MR) is 81.2 cm³/mol. The van der Waals surface area contributed by atoms with Crippen LogP contribution in [-0.4, -0.2) is 45.0 Å². The van der Waals surface area contributed by atoms with E-state index in [9.17, 15) is 13.2 Å². The Morgan fingerprint density at radius 3 is 2.64 bits per heavy atom. The van der Waals surface area contributed by atoms with Crippen LogP contribution in [0.1, 0.15) is 24.8 Å². The van der Waals surface area contributed by atoms with E-state index in [1.807, 2.05) is 0 Å². The number of sulfonamides is 1. The number of aryl methyl sites for hydroxylation is 1. The first-order chi connectivity index (χ1) is 10.4. The van der Waals surface area contributed by atoms with Crippen molar-refractivity contribution in [1.82, 2.24) is 9.62 Å². The minimum absolute atomic E-state index is 0.0432. The normalized spacial score (nSPS) is 22.2. The van der Waals surface area contributed by atoms with Crippen LogP contribution in [0.3, 0.4) is 0 Å². The number of carbonyl (C=O) groups excluding carboxylic acids is 1. The van der Waals surface area contributed by atoms with Crippen molar-refractivity contribution in [3.05, 3.63) is 23.8 Å². The Morgan fingerprint density at radius 1 is 1.32 bits per heavy atom. The van der Waals surface area contributed by atoms with Crippen LogP contribution in [-0.2, 0) is 14.8 Å². The van der Waals surface area contributed by atoms with Crippen molar-refractivity contribution in [1.29, 1.82) is 0 Å². The van der Waals surface area contributed by atoms with E-state index in [0.29, 0.717) is 23.9 Å². The van der Waals surface area contributed by atoms with Crippen molar-refractivity contribution in [3.8, 4) is 5.75 Å². The van der Waals surface area contributed by atoms with Gasteiger partial charge in [-0.15, -0.1) is 0 Å². The van der Waals surface area contributed by atoms with E-state index in [2.05, 4.69) is 4.72 Å². The number of nitrogens with zero attached hydrogens (tertiary/aromatic N) is 1. The quantitative estimate of drug-likeness (QED) is 0.878. The summed E-state index contributed by atoms with van der Waals surface area (Å²) in [5.74, 6) is 0.661. The number of benzene rings is 1. The first-order valence-corrected chi connectivity index (χ1v) is 8.85. The molecule has 7 heteroatoms. The van der Waals surface area contributed by atoms with Crippen LogP contribution >= 0.6 is 0 Å². The third-order valence-corrected chi connectivity index (χ3v) is 5.82. The summed E-state index contributed by atoms with van der Waals surface area (Å²) in [6.07, 6.45) is 2.30. The second-order valence-electron chi connectivity index (χ2n) is 5.93. The van der Waals surface area contributed by atoms with Crippen molar-refractivity contribution in [3.63, 3.8) is 0 Å². The van der Waals surface area contributed by atoms with Crippen LogP contribution < -0.4 is 9.46 Å². The second kappa shape index (κ2) is 5.55. The van der Waals surface area contributed by atoms with Gasteiger partial charge >= 0.3 is 0 Å². The first kappa shape index (κ1) is 15.3. The lowest BCUT2D eigenvalue weighted by molar-refractivity contribution is -0.128. The molecule has 22 heavy (non-hydrogen) atoms. The summed E-state index contributed by atoms with van der Waals surface area (Å²) in [4.78, 5) is 13.9. The maximum absolute atomic E-state index is 12.5. The van der Waals surface area contributed by atoms with E-state index in [-0.39, 0.29) is 23.3 Å². The Hall–Kier alpha value is -1.60. The van der Waals surface area contributed by atoms with Gasteiger partial charge in [0.15, 0.2) is 0 Å². The minimum Gasteiger partial charge on any atom is -0.497 e. The second-order valence-corrected chi connectivity index (χ2v) is 7.61. The van der Waals surface area contributed by atoms with Crippen LogP contribution in [0.15, 0.2) is 23.1 Å². The molecule has 1 N–H and O–H groups in total. The number of carbonyl (C=O) groups is 1. The highest BCUT2D eigenvalue weighted by molar-refractivity contribution is 7.89. The molecule has 2 aliphatic rings. The van der Waals surface area contributed by atoms with Crippen molar-refractivity contribution in [2.45, 2.75) is 43.2 Å². The molecule has 1 aliphatic carbocycles. The summed E-state index contributed by atoms with van der Waals surface area (Å²) in [6.45, 7) is 2.20. The lowest BCUT2D eigenvalue weighted by Crippen LogP contribution is -2.37. The predicted octanol–water partition coefficient (Wildman–Crippen LogP) is 1.05. The summed E-state index contributed by atoms with van der Waals surface area (Å²) < 4.78 is 32.8. The van der Waals surface area contributed by atoms with Crippen LogP contribution in [0.4, 0.5) is 0 Å². The average Bonchev–Trinajstić information content (AvgIpc) is 3.22. The number of hydrogen-bond acceptors (Lipinski definition) is 4. The molecule has 6 nitrogen and oxygen atoms in total. The Balaban J connectivity index is 1.75. The van der Waals surface area contributed by atoms with Crippen molar-refractivity contribution in [2.75, 3.05) is 13.7 Å². The third-order valence-electron chi connectivity index (χ3n) is 4.14.